The molecule has 2 aliphatic heterocycles. The van der Waals surface area contributed by atoms with Gasteiger partial charge in [0.25, 0.3) is 0 Å². The van der Waals surface area contributed by atoms with E-state index < -0.39 is 61.9 Å². The van der Waals surface area contributed by atoms with Gasteiger partial charge in [-0.1, -0.05) is 0 Å². The first kappa shape index (κ1) is 53.7. The highest BCUT2D eigenvalue weighted by Gasteiger charge is 2.40. The third-order valence-corrected chi connectivity index (χ3v) is 10.6. The molecule has 0 aromatic heterocycles. The lowest BCUT2D eigenvalue weighted by Gasteiger charge is -2.37. The number of amides is 2. The number of carbonyl (C=O) groups excluding carboxylic acids is 5. The summed E-state index contributed by atoms with van der Waals surface area (Å²) in [7, 11) is -3.68. The van der Waals surface area contributed by atoms with Crippen molar-refractivity contribution < 1.29 is 74.7 Å². The van der Waals surface area contributed by atoms with Crippen LogP contribution >= 0.6 is 26.0 Å². The topological polar surface area (TPSA) is 209 Å². The summed E-state index contributed by atoms with van der Waals surface area (Å²) in [4.78, 5) is 62.9. The number of rotatable bonds is 15. The average molecular weight is 867 g/mol. The number of hydrogen-bond acceptors (Lipinski definition) is 16. The van der Waals surface area contributed by atoms with Crippen molar-refractivity contribution in [3.05, 3.63) is 0 Å². The van der Waals surface area contributed by atoms with Gasteiger partial charge in [-0.15, -0.1) is 0 Å². The summed E-state index contributed by atoms with van der Waals surface area (Å²) in [6.45, 7) is 19.9. The molecule has 2 rings (SSSR count). The number of Topliss-reactive ketones (excluding diaryl/α,β-unsaturated/α-hetero) is 1. The Morgan fingerprint density at radius 3 is 1.54 bits per heavy atom. The zero-order valence-electron chi connectivity index (χ0n) is 35.1. The summed E-state index contributed by atoms with van der Waals surface area (Å²) >= 11 is 5.25. The van der Waals surface area contributed by atoms with E-state index in [1.807, 2.05) is 0 Å². The quantitative estimate of drug-likeness (QED) is 0.0679. The molecule has 0 aliphatic carbocycles. The van der Waals surface area contributed by atoms with Crippen molar-refractivity contribution in [1.29, 1.82) is 0 Å². The highest BCUT2D eigenvalue weighted by Crippen LogP contribution is 2.53. The highest BCUT2D eigenvalue weighted by molar-refractivity contribution is 7.81. The molecule has 0 aromatic carbocycles. The van der Waals surface area contributed by atoms with Gasteiger partial charge < -0.3 is 28.7 Å². The molecule has 2 amide bonds. The Labute approximate surface area is 337 Å². The lowest BCUT2D eigenvalue weighted by Crippen LogP contribution is -2.49. The molecule has 0 aromatic rings. The molecule has 0 bridgehead atoms. The fourth-order valence-electron chi connectivity index (χ4n) is 4.94. The van der Waals surface area contributed by atoms with Crippen LogP contribution in [0, 0.1) is 17.8 Å². The predicted molar refractivity (Wildman–Crippen MR) is 207 cm³/mol. The van der Waals surface area contributed by atoms with E-state index in [0.29, 0.717) is 26.2 Å². The molecule has 2 heterocycles. The van der Waals surface area contributed by atoms with Gasteiger partial charge in [0.05, 0.1) is 52.2 Å². The Balaban J connectivity index is 0.000000926. The standard InChI is InChI=1S/C18H34NO8P.C13H21NO5.C4H10ClO3P/c1-7-23-16(20)15-12-19(17(21)27-18(4,5)6)11-10-14(15)13-26-28(22,24-8-2)25-9-3;1-5-18-11(16)9-8-14(7-6-10(9)15)12(17)19-13(2,3)4;1-3-7-9(5,6)8-4-2/h14-15H,7-13H2,1-6H3;9H,5-8H2,1-4H3;3-4H2,1-2H3. The molecule has 2 fully saturated rings. The van der Waals surface area contributed by atoms with Crippen molar-refractivity contribution in [2.24, 2.45) is 17.8 Å². The van der Waals surface area contributed by atoms with Gasteiger partial charge in [-0.05, 0) is 95.4 Å². The summed E-state index contributed by atoms with van der Waals surface area (Å²) in [5, 5.41) is 0. The third-order valence-electron chi connectivity index (χ3n) is 7.23. The van der Waals surface area contributed by atoms with Crippen LogP contribution in [0.4, 0.5) is 9.59 Å². The van der Waals surface area contributed by atoms with E-state index >= 15 is 0 Å². The number of nitrogens with zero attached hydrogens (tertiary/aromatic N) is 2. The van der Waals surface area contributed by atoms with Crippen LogP contribution in [0.3, 0.4) is 0 Å². The lowest BCUT2D eigenvalue weighted by atomic mass is 9.86. The summed E-state index contributed by atoms with van der Waals surface area (Å²) in [6, 6.07) is 0. The van der Waals surface area contributed by atoms with E-state index in [4.69, 9.17) is 43.8 Å². The Morgan fingerprint density at radius 2 is 1.11 bits per heavy atom. The molecule has 328 valence electrons. The number of phosphoric ester groups is 1. The van der Waals surface area contributed by atoms with E-state index in [1.54, 1.807) is 83.1 Å². The largest absolute Gasteiger partial charge is 0.474 e. The Hall–Kier alpha value is -2.30. The summed E-state index contributed by atoms with van der Waals surface area (Å²) in [6.07, 6.45) is -0.353. The average Bonchev–Trinajstić information content (AvgIpc) is 3.07. The van der Waals surface area contributed by atoms with E-state index in [0.717, 1.165) is 0 Å². The molecule has 0 spiro atoms. The van der Waals surface area contributed by atoms with Gasteiger partial charge in [-0.3, -0.25) is 37.0 Å². The molecule has 0 radical (unpaired) electrons. The minimum Gasteiger partial charge on any atom is -0.466 e. The lowest BCUT2D eigenvalue weighted by molar-refractivity contribution is -0.154. The highest BCUT2D eigenvalue weighted by atomic mass is 35.7. The van der Waals surface area contributed by atoms with Gasteiger partial charge in [0, 0.05) is 43.8 Å². The number of ketones is 1. The second-order valence-electron chi connectivity index (χ2n) is 14.1. The number of ether oxygens (including phenoxy) is 4. The first-order valence-electron chi connectivity index (χ1n) is 18.9. The number of hydrogen-bond donors (Lipinski definition) is 0. The molecule has 0 N–H and O–H groups in total. The first-order chi connectivity index (χ1) is 25.9. The summed E-state index contributed by atoms with van der Waals surface area (Å²) in [5.74, 6) is -2.96. The second kappa shape index (κ2) is 25.9. The smallest absolute Gasteiger partial charge is 0.466 e. The molecule has 3 unspecified atom stereocenters. The van der Waals surface area contributed by atoms with Crippen molar-refractivity contribution in [1.82, 2.24) is 9.80 Å². The number of esters is 2. The monoisotopic (exact) mass is 866 g/mol. The number of carbonyl (C=O) groups is 5. The Bertz CT molecular complexity index is 1320. The zero-order valence-corrected chi connectivity index (χ0v) is 37.7. The van der Waals surface area contributed by atoms with Gasteiger partial charge in [0.1, 0.15) is 17.1 Å². The van der Waals surface area contributed by atoms with Crippen LogP contribution in [-0.2, 0) is 65.1 Å². The SMILES string of the molecule is CCOC(=O)C1CN(C(=O)OC(C)(C)C)CCC1=O.CCOC(=O)C1CN(C(=O)OC(C)(C)C)CCC1COP(=O)(OCC)OCC.CCOP(=O)(Cl)OCC. The van der Waals surface area contributed by atoms with Crippen molar-refractivity contribution in [2.45, 2.75) is 107 Å². The maximum absolute atomic E-state index is 12.5. The Kier molecular flexibility index (Phi) is 24.9. The molecular weight excluding hydrogens is 802 g/mol. The molecule has 21 heteroatoms. The fourth-order valence-corrected chi connectivity index (χ4v) is 7.45. The normalized spacial score (nSPS) is 19.1. The first-order valence-corrected chi connectivity index (χ1v) is 22.8. The van der Waals surface area contributed by atoms with Crippen LogP contribution in [0.15, 0.2) is 0 Å². The molecule has 18 nitrogen and oxygen atoms in total. The maximum atomic E-state index is 12.5. The van der Waals surface area contributed by atoms with Crippen LogP contribution in [0.1, 0.15) is 95.9 Å². The van der Waals surface area contributed by atoms with Crippen molar-refractivity contribution in [3.8, 4) is 0 Å². The minimum atomic E-state index is -3.68. The molecule has 56 heavy (non-hydrogen) atoms. The zero-order chi connectivity index (χ0) is 43.3. The minimum absolute atomic E-state index is 0.00289. The van der Waals surface area contributed by atoms with Crippen LogP contribution in [0.5, 0.6) is 0 Å². The molecule has 0 saturated carbocycles. The van der Waals surface area contributed by atoms with Crippen LogP contribution < -0.4 is 0 Å². The third kappa shape index (κ3) is 22.0. The van der Waals surface area contributed by atoms with Crippen molar-refractivity contribution in [3.63, 3.8) is 0 Å². The van der Waals surface area contributed by atoms with E-state index in [-0.39, 0.29) is 70.8 Å². The summed E-state index contributed by atoms with van der Waals surface area (Å²) in [5.41, 5.74) is -1.23. The number of phosphoric acid groups is 1. The second-order valence-corrected chi connectivity index (χ2v) is 18.4. The van der Waals surface area contributed by atoms with Crippen LogP contribution in [0.2, 0.25) is 0 Å². The molecule has 2 aliphatic rings. The number of halogens is 1. The molecule has 3 atom stereocenters. The van der Waals surface area contributed by atoms with E-state index in [9.17, 15) is 33.1 Å². The van der Waals surface area contributed by atoms with Crippen molar-refractivity contribution >= 4 is 55.9 Å². The Morgan fingerprint density at radius 1 is 0.661 bits per heavy atom. The van der Waals surface area contributed by atoms with Gasteiger partial charge >= 0.3 is 38.9 Å². The van der Waals surface area contributed by atoms with E-state index in [1.165, 1.54) is 9.80 Å². The molecular formula is C35H65ClN2O16P2. The van der Waals surface area contributed by atoms with Gasteiger partial charge in [-0.2, -0.15) is 0 Å². The van der Waals surface area contributed by atoms with Crippen LogP contribution in [0.25, 0.3) is 0 Å². The number of piperidine rings is 2. The van der Waals surface area contributed by atoms with Crippen molar-refractivity contribution in [2.75, 3.05) is 72.4 Å². The predicted octanol–water partition coefficient (Wildman–Crippen LogP) is 7.40. The van der Waals surface area contributed by atoms with Crippen LogP contribution in [-0.4, -0.2) is 123 Å². The van der Waals surface area contributed by atoms with Gasteiger partial charge in [0.2, 0.25) is 0 Å². The van der Waals surface area contributed by atoms with Gasteiger partial charge in [-0.25, -0.2) is 18.7 Å². The molecule has 2 saturated heterocycles. The van der Waals surface area contributed by atoms with E-state index in [2.05, 4.69) is 9.05 Å². The maximum Gasteiger partial charge on any atom is 0.474 e. The fraction of sp³-hybridized carbons (Fsp3) is 0.857. The van der Waals surface area contributed by atoms with Gasteiger partial charge in [0.15, 0.2) is 5.78 Å². The summed E-state index contributed by atoms with van der Waals surface area (Å²) < 4.78 is 68.7. The number of likely N-dealkylation sites (tertiary alicyclic amines) is 2.